The van der Waals surface area contributed by atoms with E-state index in [1.807, 2.05) is 60.2 Å². The molecule has 0 spiro atoms. The molecule has 0 fully saturated rings. The van der Waals surface area contributed by atoms with E-state index in [0.29, 0.717) is 19.0 Å². The Hall–Kier alpha value is -2.93. The first-order valence-corrected chi connectivity index (χ1v) is 10.1. The Morgan fingerprint density at radius 2 is 1.96 bits per heavy atom. The number of benzene rings is 2. The molecule has 1 N–H and O–H groups in total. The fourth-order valence-electron chi connectivity index (χ4n) is 2.98. The summed E-state index contributed by atoms with van der Waals surface area (Å²) in [4.78, 5) is 17.4. The fourth-order valence-corrected chi connectivity index (χ4v) is 3.71. The first-order valence-electron chi connectivity index (χ1n) is 9.09. The first kappa shape index (κ1) is 18.4. The number of amides is 1. The van der Waals surface area contributed by atoms with E-state index in [1.54, 1.807) is 12.5 Å². The smallest absolute Gasteiger partial charge is 0.230 e. The molecule has 1 aliphatic heterocycles. The number of thioether (sulfide) groups is 1. The van der Waals surface area contributed by atoms with Gasteiger partial charge in [0.05, 0.1) is 18.1 Å². The quantitative estimate of drug-likeness (QED) is 0.646. The summed E-state index contributed by atoms with van der Waals surface area (Å²) in [5.74, 6) is 1.83. The zero-order valence-corrected chi connectivity index (χ0v) is 16.3. The third kappa shape index (κ3) is 4.31. The SMILES string of the molecule is C[C@@H](NC(=O)CSc1ccc2c(c1)OCCO2)c1ccc(-n2ccnc2)cc1. The van der Waals surface area contributed by atoms with Gasteiger partial charge in [0, 0.05) is 23.0 Å². The maximum atomic E-state index is 12.3. The second-order valence-corrected chi connectivity index (χ2v) is 7.49. The zero-order valence-electron chi connectivity index (χ0n) is 15.5. The number of hydrogen-bond acceptors (Lipinski definition) is 5. The van der Waals surface area contributed by atoms with Crippen molar-refractivity contribution in [2.75, 3.05) is 19.0 Å². The number of nitrogens with zero attached hydrogens (tertiary/aromatic N) is 2. The lowest BCUT2D eigenvalue weighted by Gasteiger charge is -2.19. The molecule has 0 aliphatic carbocycles. The molecule has 1 aliphatic rings. The molecule has 0 unspecified atom stereocenters. The monoisotopic (exact) mass is 395 g/mol. The van der Waals surface area contributed by atoms with Crippen LogP contribution in [0.1, 0.15) is 18.5 Å². The number of hydrogen-bond donors (Lipinski definition) is 1. The average molecular weight is 395 g/mol. The third-order valence-corrected chi connectivity index (χ3v) is 5.45. The van der Waals surface area contributed by atoms with Gasteiger partial charge in [-0.3, -0.25) is 4.79 Å². The van der Waals surface area contributed by atoms with E-state index in [0.717, 1.165) is 27.6 Å². The number of carbonyl (C=O) groups excluding carboxylic acids is 1. The molecule has 0 saturated carbocycles. The van der Waals surface area contributed by atoms with E-state index in [2.05, 4.69) is 10.3 Å². The maximum absolute atomic E-state index is 12.3. The third-order valence-electron chi connectivity index (χ3n) is 4.46. The van der Waals surface area contributed by atoms with Crippen molar-refractivity contribution in [2.24, 2.45) is 0 Å². The summed E-state index contributed by atoms with van der Waals surface area (Å²) in [7, 11) is 0. The standard InChI is InChI=1S/C21H21N3O3S/c1-15(16-2-4-17(5-3-16)24-9-8-22-14-24)23-21(25)13-28-18-6-7-19-20(12-18)27-11-10-26-19/h2-9,12,14-15H,10-11,13H2,1H3,(H,23,25)/t15-/m1/s1. The lowest BCUT2D eigenvalue weighted by atomic mass is 10.1. The van der Waals surface area contributed by atoms with Crippen molar-refractivity contribution in [1.82, 2.24) is 14.9 Å². The van der Waals surface area contributed by atoms with Gasteiger partial charge in [0.2, 0.25) is 5.91 Å². The van der Waals surface area contributed by atoms with Crippen LogP contribution in [0.4, 0.5) is 0 Å². The molecule has 1 amide bonds. The molecule has 2 heterocycles. The maximum Gasteiger partial charge on any atom is 0.230 e. The second kappa shape index (κ2) is 8.39. The fraction of sp³-hybridized carbons (Fsp3) is 0.238. The van der Waals surface area contributed by atoms with Crippen LogP contribution < -0.4 is 14.8 Å². The van der Waals surface area contributed by atoms with Gasteiger partial charge in [0.15, 0.2) is 11.5 Å². The van der Waals surface area contributed by atoms with Crippen LogP contribution in [0.15, 0.2) is 66.1 Å². The highest BCUT2D eigenvalue weighted by atomic mass is 32.2. The van der Waals surface area contributed by atoms with Crippen LogP contribution >= 0.6 is 11.8 Å². The highest BCUT2D eigenvalue weighted by Crippen LogP contribution is 2.34. The van der Waals surface area contributed by atoms with Gasteiger partial charge in [-0.15, -0.1) is 11.8 Å². The Morgan fingerprint density at radius 1 is 1.18 bits per heavy atom. The Kier molecular flexibility index (Phi) is 5.53. The molecule has 2 aromatic carbocycles. The van der Waals surface area contributed by atoms with E-state index in [1.165, 1.54) is 11.8 Å². The molecule has 0 saturated heterocycles. The van der Waals surface area contributed by atoms with Gasteiger partial charge >= 0.3 is 0 Å². The number of carbonyl (C=O) groups is 1. The number of nitrogens with one attached hydrogen (secondary N) is 1. The molecule has 144 valence electrons. The van der Waals surface area contributed by atoms with Gasteiger partial charge in [-0.1, -0.05) is 12.1 Å². The van der Waals surface area contributed by atoms with E-state index in [-0.39, 0.29) is 11.9 Å². The number of imidazole rings is 1. The lowest BCUT2D eigenvalue weighted by molar-refractivity contribution is -0.119. The molecule has 0 bridgehead atoms. The molecular weight excluding hydrogens is 374 g/mol. The molecule has 6 nitrogen and oxygen atoms in total. The van der Waals surface area contributed by atoms with Crippen molar-refractivity contribution in [3.05, 3.63) is 66.7 Å². The zero-order chi connectivity index (χ0) is 19.3. The highest BCUT2D eigenvalue weighted by Gasteiger charge is 2.14. The Bertz CT molecular complexity index is 942. The molecule has 1 aromatic heterocycles. The van der Waals surface area contributed by atoms with Crippen LogP contribution in [0.3, 0.4) is 0 Å². The largest absolute Gasteiger partial charge is 0.486 e. The molecule has 3 aromatic rings. The summed E-state index contributed by atoms with van der Waals surface area (Å²) in [6.07, 6.45) is 5.40. The summed E-state index contributed by atoms with van der Waals surface area (Å²) in [6.45, 7) is 3.11. The summed E-state index contributed by atoms with van der Waals surface area (Å²) in [6, 6.07) is 13.8. The summed E-state index contributed by atoms with van der Waals surface area (Å²) >= 11 is 1.48. The molecule has 4 rings (SSSR count). The molecule has 28 heavy (non-hydrogen) atoms. The van der Waals surface area contributed by atoms with Crippen molar-refractivity contribution in [2.45, 2.75) is 17.9 Å². The Labute approximate surface area is 167 Å². The van der Waals surface area contributed by atoms with Crippen LogP contribution in [0.2, 0.25) is 0 Å². The minimum Gasteiger partial charge on any atom is -0.486 e. The van der Waals surface area contributed by atoms with Gasteiger partial charge in [-0.2, -0.15) is 0 Å². The molecule has 1 atom stereocenters. The Balaban J connectivity index is 1.31. The predicted molar refractivity (Wildman–Crippen MR) is 108 cm³/mol. The number of ether oxygens (including phenoxy) is 2. The van der Waals surface area contributed by atoms with Gasteiger partial charge in [-0.05, 0) is 42.8 Å². The number of aromatic nitrogens is 2. The van der Waals surface area contributed by atoms with Crippen molar-refractivity contribution in [3.63, 3.8) is 0 Å². The molecule has 0 radical (unpaired) electrons. The van der Waals surface area contributed by atoms with Gasteiger partial charge in [0.25, 0.3) is 0 Å². The minimum atomic E-state index is -0.0646. The number of fused-ring (bicyclic) bond motifs is 1. The van der Waals surface area contributed by atoms with Gasteiger partial charge in [0.1, 0.15) is 13.2 Å². The first-order chi connectivity index (χ1) is 13.7. The topological polar surface area (TPSA) is 65.4 Å². The predicted octanol–water partition coefficient (Wildman–Crippen LogP) is 3.61. The summed E-state index contributed by atoms with van der Waals surface area (Å²) < 4.78 is 13.0. The van der Waals surface area contributed by atoms with Crippen molar-refractivity contribution < 1.29 is 14.3 Å². The summed E-state index contributed by atoms with van der Waals surface area (Å²) in [5, 5.41) is 3.05. The van der Waals surface area contributed by atoms with Crippen LogP contribution in [0.25, 0.3) is 5.69 Å². The van der Waals surface area contributed by atoms with E-state index in [9.17, 15) is 4.79 Å². The highest BCUT2D eigenvalue weighted by molar-refractivity contribution is 8.00. The molecular formula is C21H21N3O3S. The molecule has 7 heteroatoms. The van der Waals surface area contributed by atoms with Crippen LogP contribution in [0, 0.1) is 0 Å². The van der Waals surface area contributed by atoms with E-state index < -0.39 is 0 Å². The van der Waals surface area contributed by atoms with Gasteiger partial charge in [-0.25, -0.2) is 4.98 Å². The second-order valence-electron chi connectivity index (χ2n) is 6.44. The van der Waals surface area contributed by atoms with E-state index >= 15 is 0 Å². The van der Waals surface area contributed by atoms with Crippen LogP contribution in [-0.4, -0.2) is 34.4 Å². The van der Waals surface area contributed by atoms with Crippen molar-refractivity contribution in [3.8, 4) is 17.2 Å². The average Bonchev–Trinajstić information content (AvgIpc) is 3.27. The Morgan fingerprint density at radius 3 is 2.71 bits per heavy atom. The number of rotatable bonds is 6. The van der Waals surface area contributed by atoms with Crippen molar-refractivity contribution >= 4 is 17.7 Å². The van der Waals surface area contributed by atoms with E-state index in [4.69, 9.17) is 9.47 Å². The summed E-state index contributed by atoms with van der Waals surface area (Å²) in [5.41, 5.74) is 2.09. The van der Waals surface area contributed by atoms with Crippen LogP contribution in [0.5, 0.6) is 11.5 Å². The lowest BCUT2D eigenvalue weighted by Crippen LogP contribution is -2.28. The minimum absolute atomic E-state index is 0.00826. The van der Waals surface area contributed by atoms with Gasteiger partial charge < -0.3 is 19.4 Å². The van der Waals surface area contributed by atoms with Crippen molar-refractivity contribution in [1.29, 1.82) is 0 Å². The van der Waals surface area contributed by atoms with Crippen LogP contribution in [-0.2, 0) is 4.79 Å². The normalized spacial score (nSPS) is 13.8.